The molecule has 3 amide bonds. The molecule has 1 aliphatic heterocycles. The maximum absolute atomic E-state index is 12.6. The van der Waals surface area contributed by atoms with E-state index in [1.54, 1.807) is 32.0 Å². The summed E-state index contributed by atoms with van der Waals surface area (Å²) >= 11 is 5.61. The van der Waals surface area contributed by atoms with Gasteiger partial charge in [-0.25, -0.2) is 15.0 Å². The Morgan fingerprint density at radius 2 is 1.92 bits per heavy atom. The molecule has 0 aliphatic carbocycles. The summed E-state index contributed by atoms with van der Waals surface area (Å²) in [5.74, 6) is 0.229. The van der Waals surface area contributed by atoms with E-state index in [9.17, 15) is 14.4 Å². The Kier molecular flexibility index (Phi) is 11.0. The van der Waals surface area contributed by atoms with Crippen LogP contribution in [-0.4, -0.2) is 51.1 Å². The number of hydrogen-bond acceptors (Lipinski definition) is 8. The van der Waals surface area contributed by atoms with Gasteiger partial charge in [-0.1, -0.05) is 22.0 Å². The summed E-state index contributed by atoms with van der Waals surface area (Å²) in [6.07, 6.45) is 1.50. The van der Waals surface area contributed by atoms with Gasteiger partial charge < -0.3 is 29.6 Å². The molecule has 0 fully saturated rings. The normalized spacial score (nSPS) is 14.9. The number of hydrogen-bond donors (Lipinski definition) is 3. The van der Waals surface area contributed by atoms with Crippen LogP contribution in [-0.2, 0) is 14.3 Å². The number of amides is 3. The van der Waals surface area contributed by atoms with Crippen molar-refractivity contribution >= 4 is 62.6 Å². The second-order valence-corrected chi connectivity index (χ2v) is 10.1. The lowest BCUT2D eigenvalue weighted by Gasteiger charge is -2.28. The lowest BCUT2D eigenvalue weighted by atomic mass is 9.95. The van der Waals surface area contributed by atoms with Crippen molar-refractivity contribution in [3.8, 4) is 17.2 Å². The molecule has 13 heteroatoms. The van der Waals surface area contributed by atoms with E-state index in [1.165, 1.54) is 13.3 Å². The topological polar surface area (TPSA) is 137 Å². The molecular weight excluding hydrogens is 687 g/mol. The van der Waals surface area contributed by atoms with E-state index in [-0.39, 0.29) is 18.8 Å². The minimum atomic E-state index is -0.763. The van der Waals surface area contributed by atoms with E-state index in [4.69, 9.17) is 18.9 Å². The van der Waals surface area contributed by atoms with Gasteiger partial charge in [0, 0.05) is 15.7 Å². The zero-order chi connectivity index (χ0) is 28.5. The molecule has 1 heterocycles. The van der Waals surface area contributed by atoms with Crippen LogP contribution in [0.15, 0.2) is 51.2 Å². The second kappa shape index (κ2) is 14.2. The smallest absolute Gasteiger partial charge is 0.338 e. The van der Waals surface area contributed by atoms with Crippen LogP contribution in [0.3, 0.4) is 0 Å². The summed E-state index contributed by atoms with van der Waals surface area (Å²) in [4.78, 5) is 37.1. The maximum Gasteiger partial charge on any atom is 0.338 e. The van der Waals surface area contributed by atoms with Gasteiger partial charge in [-0.2, -0.15) is 5.10 Å². The summed E-state index contributed by atoms with van der Waals surface area (Å²) < 4.78 is 23.7. The van der Waals surface area contributed by atoms with E-state index < -0.39 is 23.9 Å². The monoisotopic (exact) mass is 714 g/mol. The predicted octanol–water partition coefficient (Wildman–Crippen LogP) is 4.18. The molecule has 0 saturated carbocycles. The number of nitrogens with zero attached hydrogens (tertiary/aromatic N) is 1. The lowest BCUT2D eigenvalue weighted by Crippen LogP contribution is -2.45. The Balaban J connectivity index is 1.70. The van der Waals surface area contributed by atoms with Crippen molar-refractivity contribution in [2.75, 3.05) is 26.9 Å². The van der Waals surface area contributed by atoms with Crippen molar-refractivity contribution in [2.45, 2.75) is 26.8 Å². The molecule has 208 valence electrons. The van der Waals surface area contributed by atoms with Crippen LogP contribution in [0.25, 0.3) is 0 Å². The Hall–Kier alpha value is -3.33. The molecule has 3 rings (SSSR count). The molecule has 11 nitrogen and oxygen atoms in total. The number of hydrazone groups is 1. The SMILES string of the molecule is CCOC(=O)C1=C(C)NC(=O)N[C@H]1c1ccc(OCC(=O)N/N=C/c2cc(Br)cc(I)c2OCC)c(OC)c1. The quantitative estimate of drug-likeness (QED) is 0.138. The van der Waals surface area contributed by atoms with Crippen LogP contribution < -0.4 is 30.3 Å². The van der Waals surface area contributed by atoms with Crippen LogP contribution >= 0.6 is 38.5 Å². The fourth-order valence-corrected chi connectivity index (χ4v) is 5.43. The summed E-state index contributed by atoms with van der Waals surface area (Å²) in [5.41, 5.74) is 4.37. The van der Waals surface area contributed by atoms with Crippen molar-refractivity contribution in [2.24, 2.45) is 5.10 Å². The first-order chi connectivity index (χ1) is 18.7. The predicted molar refractivity (Wildman–Crippen MR) is 156 cm³/mol. The number of allylic oxidation sites excluding steroid dienone is 1. The number of halogens is 2. The van der Waals surface area contributed by atoms with Crippen LogP contribution in [0.1, 0.15) is 37.9 Å². The summed E-state index contributed by atoms with van der Waals surface area (Å²) in [6, 6.07) is 7.42. The van der Waals surface area contributed by atoms with Gasteiger partial charge in [-0.05, 0) is 73.2 Å². The third-order valence-corrected chi connectivity index (χ3v) is 6.62. The van der Waals surface area contributed by atoms with Gasteiger partial charge in [0.25, 0.3) is 5.91 Å². The van der Waals surface area contributed by atoms with Crippen molar-refractivity contribution in [1.82, 2.24) is 16.1 Å². The van der Waals surface area contributed by atoms with Gasteiger partial charge in [-0.3, -0.25) is 4.79 Å². The van der Waals surface area contributed by atoms with Crippen LogP contribution in [0, 0.1) is 3.57 Å². The van der Waals surface area contributed by atoms with E-state index in [1.807, 2.05) is 19.1 Å². The lowest BCUT2D eigenvalue weighted by molar-refractivity contribution is -0.139. The number of methoxy groups -OCH3 is 1. The van der Waals surface area contributed by atoms with E-state index in [0.29, 0.717) is 40.7 Å². The zero-order valence-electron chi connectivity index (χ0n) is 21.7. The highest BCUT2D eigenvalue weighted by atomic mass is 127. The number of carbonyl (C=O) groups excluding carboxylic acids is 3. The van der Waals surface area contributed by atoms with Crippen LogP contribution in [0.5, 0.6) is 17.2 Å². The summed E-state index contributed by atoms with van der Waals surface area (Å²) in [7, 11) is 1.44. The number of carbonyl (C=O) groups is 3. The van der Waals surface area contributed by atoms with Crippen LogP contribution in [0.2, 0.25) is 0 Å². The fraction of sp³-hybridized carbons (Fsp3) is 0.308. The first-order valence-electron chi connectivity index (χ1n) is 11.9. The molecule has 3 N–H and O–H groups in total. The number of ether oxygens (including phenoxy) is 4. The van der Waals surface area contributed by atoms with Gasteiger partial charge in [-0.15, -0.1) is 0 Å². The molecule has 1 aliphatic rings. The average Bonchev–Trinajstić information content (AvgIpc) is 2.88. The van der Waals surface area contributed by atoms with Crippen molar-refractivity contribution in [1.29, 1.82) is 0 Å². The summed E-state index contributed by atoms with van der Waals surface area (Å²) in [6.45, 7) is 5.56. The van der Waals surface area contributed by atoms with E-state index in [2.05, 4.69) is 59.7 Å². The highest BCUT2D eigenvalue weighted by molar-refractivity contribution is 14.1. The first kappa shape index (κ1) is 30.2. The minimum absolute atomic E-state index is 0.189. The third-order valence-electron chi connectivity index (χ3n) is 5.36. The van der Waals surface area contributed by atoms with Crippen molar-refractivity contribution in [3.63, 3.8) is 0 Å². The molecule has 0 bridgehead atoms. The second-order valence-electron chi connectivity index (χ2n) is 8.02. The summed E-state index contributed by atoms with van der Waals surface area (Å²) in [5, 5.41) is 9.34. The van der Waals surface area contributed by atoms with Gasteiger partial charge in [0.15, 0.2) is 18.1 Å². The molecular formula is C26H28BrIN4O7. The Labute approximate surface area is 247 Å². The van der Waals surface area contributed by atoms with Gasteiger partial charge in [0.1, 0.15) is 5.75 Å². The molecule has 0 aromatic heterocycles. The fourth-order valence-electron chi connectivity index (χ4n) is 3.73. The van der Waals surface area contributed by atoms with Gasteiger partial charge in [0.2, 0.25) is 0 Å². The average molecular weight is 715 g/mol. The highest BCUT2D eigenvalue weighted by Gasteiger charge is 2.32. The Morgan fingerprint density at radius 3 is 2.62 bits per heavy atom. The third kappa shape index (κ3) is 7.85. The molecule has 0 spiro atoms. The number of rotatable bonds is 11. The van der Waals surface area contributed by atoms with E-state index >= 15 is 0 Å². The largest absolute Gasteiger partial charge is 0.493 e. The Bertz CT molecular complexity index is 1320. The number of nitrogens with one attached hydrogen (secondary N) is 3. The van der Waals surface area contributed by atoms with Crippen molar-refractivity contribution < 1.29 is 33.3 Å². The minimum Gasteiger partial charge on any atom is -0.493 e. The highest BCUT2D eigenvalue weighted by Crippen LogP contribution is 2.34. The molecule has 39 heavy (non-hydrogen) atoms. The van der Waals surface area contributed by atoms with Crippen molar-refractivity contribution in [3.05, 3.63) is 60.8 Å². The van der Waals surface area contributed by atoms with Gasteiger partial charge in [0.05, 0.1) is 41.7 Å². The molecule has 0 unspecified atom stereocenters. The molecule has 2 aromatic carbocycles. The maximum atomic E-state index is 12.6. The zero-order valence-corrected chi connectivity index (χ0v) is 25.5. The molecule has 0 saturated heterocycles. The van der Waals surface area contributed by atoms with E-state index in [0.717, 1.165) is 8.04 Å². The number of urea groups is 1. The molecule has 2 aromatic rings. The number of esters is 1. The Morgan fingerprint density at radius 1 is 1.15 bits per heavy atom. The van der Waals surface area contributed by atoms with Crippen LogP contribution in [0.4, 0.5) is 4.79 Å². The standard InChI is InChI=1S/C26H28BrIN4O7/c1-5-37-24-16(9-17(27)11-18(24)28)12-29-32-21(33)13-39-19-8-7-15(10-20(19)36-4)23-22(25(34)38-6-2)14(3)30-26(35)31-23/h7-12,23H,5-6,13H2,1-4H3,(H,32,33)(H2,30,31,35)/b29-12+/t23-/m0/s1. The van der Waals surface area contributed by atoms with Gasteiger partial charge >= 0.3 is 12.0 Å². The molecule has 0 radical (unpaired) electrons. The molecule has 1 atom stereocenters. The first-order valence-corrected chi connectivity index (χ1v) is 13.7. The number of benzene rings is 2.